The number of carbonyl (C=O) groups excluding carboxylic acids is 2. The number of ether oxygens (including phenoxy) is 1. The van der Waals surface area contributed by atoms with Gasteiger partial charge < -0.3 is 9.64 Å². The zero-order valence-electron chi connectivity index (χ0n) is 9.76. The number of benzene rings is 1. The number of methoxy groups -OCH3 is 1. The fourth-order valence-corrected chi connectivity index (χ4v) is 2.29. The molecule has 0 saturated carbocycles. The van der Waals surface area contributed by atoms with E-state index >= 15 is 0 Å². The molecule has 4 heteroatoms. The minimum absolute atomic E-state index is 0.256. The van der Waals surface area contributed by atoms with E-state index in [0.29, 0.717) is 17.9 Å². The van der Waals surface area contributed by atoms with Gasteiger partial charge in [-0.2, -0.15) is 0 Å². The zero-order valence-corrected chi connectivity index (χ0v) is 9.76. The Morgan fingerprint density at radius 1 is 1.41 bits per heavy atom. The molecule has 90 valence electrons. The standard InChI is InChI=1S/C13H15NO3/c1-17-12-2-3-13(11(6-12)8-15)10-4-5-14(7-10)9-16/h2-3,6,8-10H,4-5,7H2,1H3. The Kier molecular flexibility index (Phi) is 3.42. The molecule has 0 bridgehead atoms. The Balaban J connectivity index is 2.26. The van der Waals surface area contributed by atoms with Gasteiger partial charge in [0.2, 0.25) is 6.41 Å². The highest BCUT2D eigenvalue weighted by Gasteiger charge is 2.24. The van der Waals surface area contributed by atoms with Crippen molar-refractivity contribution in [1.29, 1.82) is 0 Å². The summed E-state index contributed by atoms with van der Waals surface area (Å²) in [4.78, 5) is 23.5. The topological polar surface area (TPSA) is 46.6 Å². The van der Waals surface area contributed by atoms with Crippen LogP contribution in [0.25, 0.3) is 0 Å². The van der Waals surface area contributed by atoms with E-state index in [1.807, 2.05) is 12.1 Å². The third-order valence-corrected chi connectivity index (χ3v) is 3.23. The zero-order chi connectivity index (χ0) is 12.3. The largest absolute Gasteiger partial charge is 0.497 e. The molecule has 1 amide bonds. The predicted octanol–water partition coefficient (Wildman–Crippen LogP) is 1.45. The van der Waals surface area contributed by atoms with Crippen LogP contribution >= 0.6 is 0 Å². The van der Waals surface area contributed by atoms with Crippen LogP contribution in [0.5, 0.6) is 5.75 Å². The lowest BCUT2D eigenvalue weighted by molar-refractivity contribution is -0.117. The third-order valence-electron chi connectivity index (χ3n) is 3.23. The van der Waals surface area contributed by atoms with Crippen LogP contribution in [0.3, 0.4) is 0 Å². The van der Waals surface area contributed by atoms with Crippen LogP contribution in [0.1, 0.15) is 28.3 Å². The van der Waals surface area contributed by atoms with Crippen molar-refractivity contribution in [2.24, 2.45) is 0 Å². The lowest BCUT2D eigenvalue weighted by Gasteiger charge is -2.14. The number of hydrogen-bond donors (Lipinski definition) is 0. The lowest BCUT2D eigenvalue weighted by Crippen LogP contribution is -2.17. The molecule has 17 heavy (non-hydrogen) atoms. The van der Waals surface area contributed by atoms with Crippen LogP contribution in [0.4, 0.5) is 0 Å². The molecule has 1 unspecified atom stereocenters. The van der Waals surface area contributed by atoms with E-state index in [0.717, 1.165) is 31.2 Å². The Hall–Kier alpha value is -1.84. The number of rotatable bonds is 4. The molecule has 2 rings (SSSR count). The summed E-state index contributed by atoms with van der Waals surface area (Å²) in [6.45, 7) is 1.45. The third kappa shape index (κ3) is 2.30. The van der Waals surface area contributed by atoms with Gasteiger partial charge in [-0.25, -0.2) is 0 Å². The Bertz CT molecular complexity index is 431. The fourth-order valence-electron chi connectivity index (χ4n) is 2.29. The molecule has 4 nitrogen and oxygen atoms in total. The summed E-state index contributed by atoms with van der Waals surface area (Å²) >= 11 is 0. The number of aldehydes is 1. The lowest BCUT2D eigenvalue weighted by atomic mass is 9.94. The maximum absolute atomic E-state index is 11.1. The van der Waals surface area contributed by atoms with Gasteiger partial charge in [-0.1, -0.05) is 6.07 Å². The maximum Gasteiger partial charge on any atom is 0.209 e. The minimum atomic E-state index is 0.256. The predicted molar refractivity (Wildman–Crippen MR) is 63.4 cm³/mol. The number of carbonyl (C=O) groups is 2. The Labute approximate surface area is 100 Å². The molecule has 1 aromatic rings. The van der Waals surface area contributed by atoms with Crippen molar-refractivity contribution in [3.05, 3.63) is 29.3 Å². The van der Waals surface area contributed by atoms with Crippen LogP contribution in [0.2, 0.25) is 0 Å². The molecule has 0 aromatic heterocycles. The molecule has 1 fully saturated rings. The van der Waals surface area contributed by atoms with Crippen LogP contribution in [-0.4, -0.2) is 37.8 Å². The highest BCUT2D eigenvalue weighted by atomic mass is 16.5. The van der Waals surface area contributed by atoms with Gasteiger partial charge in [0, 0.05) is 24.6 Å². The van der Waals surface area contributed by atoms with Crippen molar-refractivity contribution in [3.63, 3.8) is 0 Å². The summed E-state index contributed by atoms with van der Waals surface area (Å²) in [5, 5.41) is 0. The van der Waals surface area contributed by atoms with Gasteiger partial charge in [0.25, 0.3) is 0 Å². The first kappa shape index (κ1) is 11.6. The van der Waals surface area contributed by atoms with Gasteiger partial charge in [-0.3, -0.25) is 9.59 Å². The highest BCUT2D eigenvalue weighted by Crippen LogP contribution is 2.30. The number of amides is 1. The van der Waals surface area contributed by atoms with Crippen molar-refractivity contribution in [3.8, 4) is 5.75 Å². The summed E-state index contributed by atoms with van der Waals surface area (Å²) in [6.07, 6.45) is 2.62. The number of hydrogen-bond acceptors (Lipinski definition) is 3. The van der Waals surface area contributed by atoms with Crippen molar-refractivity contribution in [2.75, 3.05) is 20.2 Å². The Morgan fingerprint density at radius 3 is 2.82 bits per heavy atom. The average Bonchev–Trinajstić information content (AvgIpc) is 2.86. The van der Waals surface area contributed by atoms with E-state index < -0.39 is 0 Å². The summed E-state index contributed by atoms with van der Waals surface area (Å²) < 4.78 is 5.09. The van der Waals surface area contributed by atoms with Crippen LogP contribution in [0.15, 0.2) is 18.2 Å². The molecule has 1 aliphatic heterocycles. The van der Waals surface area contributed by atoms with Gasteiger partial charge in [0.1, 0.15) is 12.0 Å². The molecule has 1 saturated heterocycles. The quantitative estimate of drug-likeness (QED) is 0.739. The van der Waals surface area contributed by atoms with Gasteiger partial charge >= 0.3 is 0 Å². The first-order chi connectivity index (χ1) is 8.28. The number of likely N-dealkylation sites (tertiary alicyclic amines) is 1. The van der Waals surface area contributed by atoms with Crippen LogP contribution in [0, 0.1) is 0 Å². The second kappa shape index (κ2) is 4.99. The average molecular weight is 233 g/mol. The molecular weight excluding hydrogens is 218 g/mol. The molecule has 1 atom stereocenters. The molecule has 0 N–H and O–H groups in total. The van der Waals surface area contributed by atoms with Gasteiger partial charge in [-0.05, 0) is 24.1 Å². The molecule has 0 radical (unpaired) electrons. The van der Waals surface area contributed by atoms with E-state index in [2.05, 4.69) is 0 Å². The van der Waals surface area contributed by atoms with Crippen molar-refractivity contribution >= 4 is 12.7 Å². The molecule has 0 spiro atoms. The monoisotopic (exact) mass is 233 g/mol. The molecule has 0 aliphatic carbocycles. The minimum Gasteiger partial charge on any atom is -0.497 e. The van der Waals surface area contributed by atoms with Crippen LogP contribution in [-0.2, 0) is 4.79 Å². The highest BCUT2D eigenvalue weighted by molar-refractivity contribution is 5.78. The summed E-state index contributed by atoms with van der Waals surface area (Å²) in [5.41, 5.74) is 1.66. The molecular formula is C13H15NO3. The smallest absolute Gasteiger partial charge is 0.209 e. The molecule has 1 aliphatic rings. The summed E-state index contributed by atoms with van der Waals surface area (Å²) in [7, 11) is 1.58. The van der Waals surface area contributed by atoms with Gasteiger partial charge in [-0.15, -0.1) is 0 Å². The first-order valence-electron chi connectivity index (χ1n) is 5.61. The second-order valence-electron chi connectivity index (χ2n) is 4.20. The van der Waals surface area contributed by atoms with E-state index in [1.54, 1.807) is 18.1 Å². The van der Waals surface area contributed by atoms with E-state index in [9.17, 15) is 9.59 Å². The number of nitrogens with zero attached hydrogens (tertiary/aromatic N) is 1. The molecule has 1 heterocycles. The van der Waals surface area contributed by atoms with E-state index in [-0.39, 0.29) is 5.92 Å². The van der Waals surface area contributed by atoms with Crippen LogP contribution < -0.4 is 4.74 Å². The van der Waals surface area contributed by atoms with Crippen molar-refractivity contribution in [1.82, 2.24) is 4.90 Å². The summed E-state index contributed by atoms with van der Waals surface area (Å²) in [6, 6.07) is 5.51. The second-order valence-corrected chi connectivity index (χ2v) is 4.20. The first-order valence-corrected chi connectivity index (χ1v) is 5.61. The van der Waals surface area contributed by atoms with Gasteiger partial charge in [0.15, 0.2) is 0 Å². The summed E-state index contributed by atoms with van der Waals surface area (Å²) in [5.74, 6) is 0.937. The maximum atomic E-state index is 11.1. The van der Waals surface area contributed by atoms with Crippen molar-refractivity contribution < 1.29 is 14.3 Å². The Morgan fingerprint density at radius 2 is 2.24 bits per heavy atom. The fraction of sp³-hybridized carbons (Fsp3) is 0.385. The van der Waals surface area contributed by atoms with E-state index in [4.69, 9.17) is 4.74 Å². The van der Waals surface area contributed by atoms with E-state index in [1.165, 1.54) is 0 Å². The molecule has 1 aromatic carbocycles. The normalized spacial score (nSPS) is 19.1. The van der Waals surface area contributed by atoms with Gasteiger partial charge in [0.05, 0.1) is 7.11 Å². The SMILES string of the molecule is COc1ccc(C2CCN(C=O)C2)c(C=O)c1. The van der Waals surface area contributed by atoms with Crippen molar-refractivity contribution in [2.45, 2.75) is 12.3 Å².